The molecule has 1 saturated heterocycles. The summed E-state index contributed by atoms with van der Waals surface area (Å²) in [4.78, 5) is 27.0. The van der Waals surface area contributed by atoms with Gasteiger partial charge >= 0.3 is 0 Å². The number of nitrogens with zero attached hydrogens (tertiary/aromatic N) is 4. The molecule has 1 aliphatic rings. The van der Waals surface area contributed by atoms with Crippen LogP contribution in [0.15, 0.2) is 12.3 Å². The van der Waals surface area contributed by atoms with E-state index in [9.17, 15) is 9.59 Å². The van der Waals surface area contributed by atoms with Crippen LogP contribution in [0.4, 0.5) is 0 Å². The lowest BCUT2D eigenvalue weighted by atomic mass is 10.3. The van der Waals surface area contributed by atoms with Gasteiger partial charge in [0.25, 0.3) is 5.91 Å². The van der Waals surface area contributed by atoms with E-state index >= 15 is 0 Å². The van der Waals surface area contributed by atoms with Crippen molar-refractivity contribution in [1.82, 2.24) is 19.6 Å². The molecule has 7 nitrogen and oxygen atoms in total. The van der Waals surface area contributed by atoms with Gasteiger partial charge in [0.05, 0.1) is 13.3 Å². The van der Waals surface area contributed by atoms with E-state index in [0.29, 0.717) is 25.5 Å². The molecule has 7 heteroatoms. The first kappa shape index (κ1) is 12.6. The van der Waals surface area contributed by atoms with Crippen LogP contribution < -0.4 is 0 Å². The number of rotatable bonds is 4. The highest BCUT2D eigenvalue weighted by atomic mass is 16.5. The van der Waals surface area contributed by atoms with Crippen molar-refractivity contribution in [2.24, 2.45) is 7.05 Å². The summed E-state index contributed by atoms with van der Waals surface area (Å²) < 4.78 is 6.43. The number of aromatic nitrogens is 2. The van der Waals surface area contributed by atoms with Crippen LogP contribution >= 0.6 is 0 Å². The van der Waals surface area contributed by atoms with Crippen molar-refractivity contribution in [3.8, 4) is 0 Å². The van der Waals surface area contributed by atoms with Gasteiger partial charge in [-0.05, 0) is 6.07 Å². The molecule has 0 aliphatic carbocycles. The first-order valence-electron chi connectivity index (χ1n) is 5.67. The highest BCUT2D eigenvalue weighted by Crippen LogP contribution is 2.11. The van der Waals surface area contributed by atoms with Gasteiger partial charge in [-0.3, -0.25) is 14.3 Å². The first-order valence-corrected chi connectivity index (χ1v) is 5.67. The quantitative estimate of drug-likeness (QED) is 0.711. The maximum Gasteiger partial charge on any atom is 0.273 e. The Bertz CT molecular complexity index is 457. The number of amides is 2. The van der Waals surface area contributed by atoms with Crippen LogP contribution in [0.25, 0.3) is 0 Å². The fourth-order valence-electron chi connectivity index (χ4n) is 1.88. The number of hydrogen-bond acceptors (Lipinski definition) is 4. The molecule has 1 aromatic heterocycles. The molecule has 0 spiro atoms. The molecule has 0 saturated carbocycles. The molecule has 0 atom stereocenters. The molecule has 18 heavy (non-hydrogen) atoms. The average Bonchev–Trinajstić information content (AvgIpc) is 2.92. The zero-order chi connectivity index (χ0) is 13.1. The summed E-state index contributed by atoms with van der Waals surface area (Å²) in [6.45, 7) is 1.41. The van der Waals surface area contributed by atoms with Crippen molar-refractivity contribution in [3.05, 3.63) is 18.0 Å². The van der Waals surface area contributed by atoms with Crippen LogP contribution in [0.1, 0.15) is 10.5 Å². The van der Waals surface area contributed by atoms with Crippen molar-refractivity contribution in [2.45, 2.75) is 0 Å². The molecule has 0 aromatic carbocycles. The predicted octanol–water partition coefficient (Wildman–Crippen LogP) is -0.692. The Hall–Kier alpha value is -1.89. The Labute approximate surface area is 105 Å². The number of methoxy groups -OCH3 is 1. The Morgan fingerprint density at radius 1 is 1.56 bits per heavy atom. The Kier molecular flexibility index (Phi) is 3.61. The Morgan fingerprint density at radius 3 is 2.94 bits per heavy atom. The van der Waals surface area contributed by atoms with E-state index in [2.05, 4.69) is 5.10 Å². The molecule has 98 valence electrons. The molecule has 2 amide bonds. The minimum absolute atomic E-state index is 0.0532. The van der Waals surface area contributed by atoms with E-state index in [1.807, 2.05) is 0 Å². The van der Waals surface area contributed by atoms with E-state index in [4.69, 9.17) is 4.74 Å². The smallest absolute Gasteiger partial charge is 0.273 e. The topological polar surface area (TPSA) is 67.7 Å². The maximum absolute atomic E-state index is 12.1. The summed E-state index contributed by atoms with van der Waals surface area (Å²) in [5.41, 5.74) is 0.483. The molecule has 2 heterocycles. The van der Waals surface area contributed by atoms with Crippen LogP contribution in [-0.4, -0.2) is 64.9 Å². The fraction of sp³-hybridized carbons (Fsp3) is 0.545. The number of hydrogen-bond donors (Lipinski definition) is 0. The lowest BCUT2D eigenvalue weighted by molar-refractivity contribution is -0.127. The van der Waals surface area contributed by atoms with E-state index < -0.39 is 0 Å². The van der Waals surface area contributed by atoms with Gasteiger partial charge in [-0.15, -0.1) is 0 Å². The number of aryl methyl sites for hydroxylation is 1. The minimum atomic E-state index is -0.178. The molecule has 1 fully saturated rings. The molecular formula is C11H16N4O3. The third-order valence-electron chi connectivity index (χ3n) is 2.91. The third-order valence-corrected chi connectivity index (χ3v) is 2.91. The molecule has 2 rings (SSSR count). The lowest BCUT2D eigenvalue weighted by Gasteiger charge is -2.17. The van der Waals surface area contributed by atoms with Crippen LogP contribution in [0.2, 0.25) is 0 Å². The van der Waals surface area contributed by atoms with Crippen LogP contribution in [-0.2, 0) is 16.6 Å². The Balaban J connectivity index is 2.02. The molecule has 1 aliphatic heterocycles. The first-order chi connectivity index (χ1) is 8.63. The largest absolute Gasteiger partial charge is 0.383 e. The van der Waals surface area contributed by atoms with Gasteiger partial charge in [0.15, 0.2) is 0 Å². The SMILES string of the molecule is COCCN1CN(C(=O)c2ccnn2C)CC1=O. The molecular weight excluding hydrogens is 236 g/mol. The van der Waals surface area contributed by atoms with Crippen molar-refractivity contribution in [2.75, 3.05) is 33.5 Å². The number of carbonyl (C=O) groups is 2. The summed E-state index contributed by atoms with van der Waals surface area (Å²) in [7, 11) is 3.28. The molecule has 0 unspecified atom stereocenters. The van der Waals surface area contributed by atoms with E-state index in [1.165, 1.54) is 9.58 Å². The second-order valence-electron chi connectivity index (χ2n) is 4.13. The highest BCUT2D eigenvalue weighted by molar-refractivity contribution is 5.96. The van der Waals surface area contributed by atoms with E-state index in [0.717, 1.165) is 0 Å². The summed E-state index contributed by atoms with van der Waals surface area (Å²) >= 11 is 0. The summed E-state index contributed by atoms with van der Waals surface area (Å²) in [6.07, 6.45) is 1.56. The molecule has 0 N–H and O–H groups in total. The normalized spacial score (nSPS) is 15.6. The van der Waals surface area contributed by atoms with E-state index in [-0.39, 0.29) is 18.4 Å². The zero-order valence-electron chi connectivity index (χ0n) is 10.5. The summed E-state index contributed by atoms with van der Waals surface area (Å²) in [6, 6.07) is 1.64. The summed E-state index contributed by atoms with van der Waals surface area (Å²) in [5, 5.41) is 3.95. The van der Waals surface area contributed by atoms with Crippen molar-refractivity contribution in [1.29, 1.82) is 0 Å². The zero-order valence-corrected chi connectivity index (χ0v) is 10.5. The van der Waals surface area contributed by atoms with Gasteiger partial charge in [0, 0.05) is 26.9 Å². The van der Waals surface area contributed by atoms with E-state index in [1.54, 1.807) is 31.3 Å². The van der Waals surface area contributed by atoms with Gasteiger partial charge in [-0.1, -0.05) is 0 Å². The second-order valence-corrected chi connectivity index (χ2v) is 4.13. The van der Waals surface area contributed by atoms with Crippen molar-refractivity contribution >= 4 is 11.8 Å². The third kappa shape index (κ3) is 2.35. The lowest BCUT2D eigenvalue weighted by Crippen LogP contribution is -2.33. The van der Waals surface area contributed by atoms with Crippen LogP contribution in [0, 0.1) is 0 Å². The highest BCUT2D eigenvalue weighted by Gasteiger charge is 2.31. The van der Waals surface area contributed by atoms with Gasteiger partial charge in [0.2, 0.25) is 5.91 Å². The standard InChI is InChI=1S/C11H16N4O3/c1-13-9(3-4-12-13)11(17)15-7-10(16)14(8-15)5-6-18-2/h3-4H,5-8H2,1-2H3. The number of carbonyl (C=O) groups excluding carboxylic acids is 2. The van der Waals surface area contributed by atoms with Gasteiger partial charge < -0.3 is 14.5 Å². The minimum Gasteiger partial charge on any atom is -0.383 e. The Morgan fingerprint density at radius 2 is 2.33 bits per heavy atom. The maximum atomic E-state index is 12.1. The van der Waals surface area contributed by atoms with Gasteiger partial charge in [-0.2, -0.15) is 5.10 Å². The fourth-order valence-corrected chi connectivity index (χ4v) is 1.88. The van der Waals surface area contributed by atoms with Crippen LogP contribution in [0.5, 0.6) is 0 Å². The van der Waals surface area contributed by atoms with Crippen molar-refractivity contribution < 1.29 is 14.3 Å². The molecule has 1 aromatic rings. The number of ether oxygens (including phenoxy) is 1. The van der Waals surface area contributed by atoms with Gasteiger partial charge in [-0.25, -0.2) is 0 Å². The second kappa shape index (κ2) is 5.18. The summed E-state index contributed by atoms with van der Waals surface area (Å²) in [5.74, 6) is -0.231. The van der Waals surface area contributed by atoms with Gasteiger partial charge in [0.1, 0.15) is 12.2 Å². The van der Waals surface area contributed by atoms with Crippen LogP contribution in [0.3, 0.4) is 0 Å². The van der Waals surface area contributed by atoms with Crippen molar-refractivity contribution in [3.63, 3.8) is 0 Å². The molecule has 0 bridgehead atoms. The predicted molar refractivity (Wildman–Crippen MR) is 62.7 cm³/mol. The average molecular weight is 252 g/mol. The monoisotopic (exact) mass is 252 g/mol. The molecule has 0 radical (unpaired) electrons.